The molecule has 1 aliphatic heterocycles. The summed E-state index contributed by atoms with van der Waals surface area (Å²) in [4.78, 5) is 26.6. The lowest BCUT2D eigenvalue weighted by Gasteiger charge is -2.37. The molecule has 2 aromatic carbocycles. The maximum atomic E-state index is 13.2. The quantitative estimate of drug-likeness (QED) is 0.359. The first-order chi connectivity index (χ1) is 16.0. The highest BCUT2D eigenvalue weighted by molar-refractivity contribution is 7.10. The van der Waals surface area contributed by atoms with Gasteiger partial charge in [0, 0.05) is 23.6 Å². The number of hydrogen-bond donors (Lipinski definition) is 0. The van der Waals surface area contributed by atoms with E-state index in [0.29, 0.717) is 36.6 Å². The molecule has 0 radical (unpaired) electrons. The van der Waals surface area contributed by atoms with Crippen LogP contribution in [0.2, 0.25) is 0 Å². The molecule has 0 fully saturated rings. The molecule has 4 rings (SSSR count). The van der Waals surface area contributed by atoms with Crippen LogP contribution in [0.15, 0.2) is 53.9 Å². The standard InChI is InChI=1S/C24H24N2O6S/c1-30-22-12-16-9-10-25(24(27)13-19-4-3-11-33-19)21(20(16)14-23(22)31-2)15-32-18-7-5-17(6-8-18)26(28)29/h3-8,11-12,14,21H,9-10,13,15H2,1-2H3/t21-/m0/s1. The fourth-order valence-corrected chi connectivity index (χ4v) is 4.71. The highest BCUT2D eigenvalue weighted by Gasteiger charge is 2.33. The van der Waals surface area contributed by atoms with E-state index in [-0.39, 0.29) is 24.2 Å². The van der Waals surface area contributed by atoms with Gasteiger partial charge in [-0.05, 0) is 53.3 Å². The molecule has 1 atom stereocenters. The second-order valence-corrected chi connectivity index (χ2v) is 8.61. The summed E-state index contributed by atoms with van der Waals surface area (Å²) in [7, 11) is 3.17. The van der Waals surface area contributed by atoms with E-state index < -0.39 is 4.92 Å². The van der Waals surface area contributed by atoms with Crippen molar-refractivity contribution >= 4 is 22.9 Å². The van der Waals surface area contributed by atoms with Crippen LogP contribution < -0.4 is 14.2 Å². The number of nitro benzene ring substituents is 1. The number of hydrogen-bond acceptors (Lipinski definition) is 7. The Balaban J connectivity index is 1.62. The molecule has 0 N–H and O–H groups in total. The van der Waals surface area contributed by atoms with E-state index in [0.717, 1.165) is 16.0 Å². The minimum absolute atomic E-state index is 0.00468. The molecule has 2 heterocycles. The molecule has 0 spiro atoms. The smallest absolute Gasteiger partial charge is 0.269 e. The Bertz CT molecular complexity index is 1130. The number of thiophene rings is 1. The van der Waals surface area contributed by atoms with E-state index in [1.54, 1.807) is 37.7 Å². The molecule has 3 aromatic rings. The summed E-state index contributed by atoms with van der Waals surface area (Å²) in [5.41, 5.74) is 2.01. The van der Waals surface area contributed by atoms with Gasteiger partial charge in [-0.1, -0.05) is 6.07 Å². The highest BCUT2D eigenvalue weighted by Crippen LogP contribution is 2.38. The highest BCUT2D eigenvalue weighted by atomic mass is 32.1. The van der Waals surface area contributed by atoms with E-state index >= 15 is 0 Å². The molecule has 0 bridgehead atoms. The second kappa shape index (κ2) is 9.91. The van der Waals surface area contributed by atoms with Gasteiger partial charge in [0.25, 0.3) is 5.69 Å². The van der Waals surface area contributed by atoms with E-state index in [2.05, 4.69) is 0 Å². The average Bonchev–Trinajstić information content (AvgIpc) is 3.34. The van der Waals surface area contributed by atoms with Gasteiger partial charge in [-0.2, -0.15) is 0 Å². The van der Waals surface area contributed by atoms with Gasteiger partial charge >= 0.3 is 0 Å². The lowest BCUT2D eigenvalue weighted by atomic mass is 9.91. The maximum absolute atomic E-state index is 13.2. The van der Waals surface area contributed by atoms with E-state index in [9.17, 15) is 14.9 Å². The predicted octanol–water partition coefficient (Wildman–Crippen LogP) is 4.42. The molecule has 1 amide bonds. The van der Waals surface area contributed by atoms with E-state index in [1.165, 1.54) is 12.1 Å². The van der Waals surface area contributed by atoms with E-state index in [1.807, 2.05) is 34.5 Å². The lowest BCUT2D eigenvalue weighted by molar-refractivity contribution is -0.384. The van der Waals surface area contributed by atoms with Gasteiger partial charge in [0.15, 0.2) is 11.5 Å². The van der Waals surface area contributed by atoms with Crippen LogP contribution in [0.4, 0.5) is 5.69 Å². The predicted molar refractivity (Wildman–Crippen MR) is 124 cm³/mol. The van der Waals surface area contributed by atoms with Gasteiger partial charge in [0.1, 0.15) is 12.4 Å². The number of non-ortho nitro benzene ring substituents is 1. The van der Waals surface area contributed by atoms with Crippen LogP contribution in [0.1, 0.15) is 22.0 Å². The van der Waals surface area contributed by atoms with Gasteiger partial charge in [0.2, 0.25) is 5.91 Å². The molecule has 1 aromatic heterocycles. The summed E-state index contributed by atoms with van der Waals surface area (Å²) in [5.74, 6) is 1.75. The number of amides is 1. The Morgan fingerprint density at radius 1 is 1.15 bits per heavy atom. The summed E-state index contributed by atoms with van der Waals surface area (Å²) in [6, 6.07) is 13.3. The third-order valence-corrected chi connectivity index (χ3v) is 6.56. The molecule has 0 unspecified atom stereocenters. The van der Waals surface area contributed by atoms with Crippen LogP contribution >= 0.6 is 11.3 Å². The van der Waals surface area contributed by atoms with Crippen molar-refractivity contribution in [2.24, 2.45) is 0 Å². The zero-order valence-corrected chi connectivity index (χ0v) is 19.2. The molecule has 172 valence electrons. The van der Waals surface area contributed by atoms with Gasteiger partial charge in [-0.3, -0.25) is 14.9 Å². The Morgan fingerprint density at radius 2 is 1.88 bits per heavy atom. The molecular weight excluding hydrogens is 444 g/mol. The number of carbonyl (C=O) groups is 1. The maximum Gasteiger partial charge on any atom is 0.269 e. The normalized spacial score (nSPS) is 15.0. The first-order valence-electron chi connectivity index (χ1n) is 10.4. The van der Waals surface area contributed by atoms with E-state index in [4.69, 9.17) is 14.2 Å². The van der Waals surface area contributed by atoms with Crippen LogP contribution in [0, 0.1) is 10.1 Å². The van der Waals surface area contributed by atoms with Crippen LogP contribution in [-0.4, -0.2) is 43.1 Å². The van der Waals surface area contributed by atoms with Crippen molar-refractivity contribution in [1.29, 1.82) is 0 Å². The number of rotatable bonds is 8. The number of nitro groups is 1. The largest absolute Gasteiger partial charge is 0.493 e. The minimum atomic E-state index is -0.453. The van der Waals surface area contributed by atoms with Crippen molar-refractivity contribution in [1.82, 2.24) is 4.90 Å². The third-order valence-electron chi connectivity index (χ3n) is 5.68. The molecule has 33 heavy (non-hydrogen) atoms. The van der Waals surface area contributed by atoms with Gasteiger partial charge in [0.05, 0.1) is 31.6 Å². The molecular formula is C24H24N2O6S. The number of ether oxygens (including phenoxy) is 3. The molecule has 0 aliphatic carbocycles. The van der Waals surface area contributed by atoms with Crippen LogP contribution in [-0.2, 0) is 17.6 Å². The number of nitrogens with zero attached hydrogens (tertiary/aromatic N) is 2. The number of methoxy groups -OCH3 is 2. The zero-order chi connectivity index (χ0) is 23.4. The second-order valence-electron chi connectivity index (χ2n) is 7.58. The Hall–Kier alpha value is -3.59. The monoisotopic (exact) mass is 468 g/mol. The molecule has 0 saturated heterocycles. The van der Waals surface area contributed by atoms with Gasteiger partial charge < -0.3 is 19.1 Å². The Morgan fingerprint density at radius 3 is 2.52 bits per heavy atom. The summed E-state index contributed by atoms with van der Waals surface area (Å²) in [6.45, 7) is 0.761. The topological polar surface area (TPSA) is 91.1 Å². The first kappa shape index (κ1) is 22.6. The van der Waals surface area contributed by atoms with Crippen LogP contribution in [0.5, 0.6) is 17.2 Å². The van der Waals surface area contributed by atoms with Gasteiger partial charge in [-0.25, -0.2) is 0 Å². The number of fused-ring (bicyclic) bond motifs is 1. The molecule has 1 aliphatic rings. The summed E-state index contributed by atoms with van der Waals surface area (Å²) in [5, 5.41) is 12.9. The number of benzene rings is 2. The first-order valence-corrected chi connectivity index (χ1v) is 11.3. The third kappa shape index (κ3) is 4.93. The lowest BCUT2D eigenvalue weighted by Crippen LogP contribution is -2.43. The summed E-state index contributed by atoms with van der Waals surface area (Å²) < 4.78 is 16.9. The Kier molecular flexibility index (Phi) is 6.79. The fraction of sp³-hybridized carbons (Fsp3) is 0.292. The van der Waals surface area contributed by atoms with Crippen molar-refractivity contribution < 1.29 is 23.9 Å². The van der Waals surface area contributed by atoms with Crippen molar-refractivity contribution in [2.45, 2.75) is 18.9 Å². The molecule has 0 saturated carbocycles. The SMILES string of the molecule is COc1cc2c(cc1OC)[C@H](COc1ccc([N+](=O)[O-])cc1)N(C(=O)Cc1cccs1)CC2. The van der Waals surface area contributed by atoms with Crippen molar-refractivity contribution in [3.63, 3.8) is 0 Å². The van der Waals surface area contributed by atoms with Crippen LogP contribution in [0.25, 0.3) is 0 Å². The number of carbonyl (C=O) groups excluding carboxylic acids is 1. The average molecular weight is 469 g/mol. The molecule has 8 nitrogen and oxygen atoms in total. The van der Waals surface area contributed by atoms with Gasteiger partial charge in [-0.15, -0.1) is 11.3 Å². The van der Waals surface area contributed by atoms with Crippen molar-refractivity contribution in [3.8, 4) is 17.2 Å². The van der Waals surface area contributed by atoms with Crippen molar-refractivity contribution in [3.05, 3.63) is 80.0 Å². The summed E-state index contributed by atoms with van der Waals surface area (Å²) >= 11 is 1.56. The molecule has 9 heteroatoms. The zero-order valence-electron chi connectivity index (χ0n) is 18.4. The minimum Gasteiger partial charge on any atom is -0.493 e. The van der Waals surface area contributed by atoms with Crippen LogP contribution in [0.3, 0.4) is 0 Å². The summed E-state index contributed by atoms with van der Waals surface area (Å²) in [6.07, 6.45) is 1.02. The van der Waals surface area contributed by atoms with Crippen molar-refractivity contribution in [2.75, 3.05) is 27.4 Å². The fourth-order valence-electron chi connectivity index (χ4n) is 4.01. The Labute approximate surface area is 195 Å².